The number of halogens is 1. The van der Waals surface area contributed by atoms with E-state index >= 15 is 0 Å². The van der Waals surface area contributed by atoms with Crippen LogP contribution in [0.3, 0.4) is 0 Å². The fourth-order valence-corrected chi connectivity index (χ4v) is 3.60. The predicted molar refractivity (Wildman–Crippen MR) is 103 cm³/mol. The molecule has 3 rings (SSSR count). The van der Waals surface area contributed by atoms with Crippen molar-refractivity contribution in [2.45, 2.75) is 52.7 Å². The van der Waals surface area contributed by atoms with Crippen LogP contribution < -0.4 is 10.6 Å². The molecule has 2 heterocycles. The Kier molecular flexibility index (Phi) is 6.49. The molecule has 146 valence electrons. The van der Waals surface area contributed by atoms with Gasteiger partial charge in [0.25, 0.3) is 0 Å². The van der Waals surface area contributed by atoms with Gasteiger partial charge in [-0.05, 0) is 37.2 Å². The molecule has 0 fully saturated rings. The van der Waals surface area contributed by atoms with Gasteiger partial charge in [-0.1, -0.05) is 18.7 Å². The zero-order valence-electron chi connectivity index (χ0n) is 15.3. The Morgan fingerprint density at radius 1 is 1.27 bits per heavy atom. The van der Waals surface area contributed by atoms with E-state index in [2.05, 4.69) is 28.4 Å². The fourth-order valence-electron chi connectivity index (χ4n) is 3.32. The molecule has 0 amide bonds. The molecule has 0 atom stereocenters. The maximum atomic E-state index is 11.2. The number of nitrogens with zero attached hydrogens (tertiary/aromatic N) is 3. The third kappa shape index (κ3) is 4.46. The molecule has 0 saturated carbocycles. The van der Waals surface area contributed by atoms with E-state index in [4.69, 9.17) is 10.6 Å². The van der Waals surface area contributed by atoms with E-state index in [1.807, 2.05) is 4.89 Å². The van der Waals surface area contributed by atoms with Crippen molar-refractivity contribution in [3.63, 3.8) is 0 Å². The Bertz CT molecular complexity index is 895. The van der Waals surface area contributed by atoms with Crippen LogP contribution >= 0.6 is 12.4 Å². The first-order valence-electron chi connectivity index (χ1n) is 8.51. The number of nitrogens with two attached hydrogens (primary N) is 1. The lowest BCUT2D eigenvalue weighted by molar-refractivity contribution is 0.0731. The molecule has 0 aliphatic heterocycles. The summed E-state index contributed by atoms with van der Waals surface area (Å²) in [5.41, 5.74) is 10.1. The zero-order valence-corrected chi connectivity index (χ0v) is 16.9. The molecule has 0 aromatic carbocycles. The topological polar surface area (TPSA) is 112 Å². The highest BCUT2D eigenvalue weighted by molar-refractivity contribution is 7.88. The number of anilines is 1. The summed E-state index contributed by atoms with van der Waals surface area (Å²) in [4.78, 5) is 16.3. The van der Waals surface area contributed by atoms with Crippen molar-refractivity contribution in [2.24, 2.45) is 5.92 Å². The van der Waals surface area contributed by atoms with Crippen LogP contribution in [0, 0.1) is 5.92 Å². The summed E-state index contributed by atoms with van der Waals surface area (Å²) in [5, 5.41) is 0. The van der Waals surface area contributed by atoms with Crippen molar-refractivity contribution in [3.05, 3.63) is 17.1 Å². The van der Waals surface area contributed by atoms with E-state index < -0.39 is 10.0 Å². The average molecular weight is 404 g/mol. The number of nitrogen functional groups attached to an aromatic ring is 1. The molecule has 1 aliphatic rings. The van der Waals surface area contributed by atoms with Gasteiger partial charge in [0.2, 0.25) is 10.0 Å². The molecule has 0 saturated heterocycles. The number of sulfonamides is 1. The summed E-state index contributed by atoms with van der Waals surface area (Å²) in [6.45, 7) is 5.04. The number of fused-ring (bicyclic) bond motifs is 3. The SMILES string of the molecule is CC(C)Cn1c(CONS(C)(=O)=O)nc2c(N)nc3c(c21)CCCC3.Cl. The Balaban J connectivity index is 0.00000243. The highest BCUT2D eigenvalue weighted by Gasteiger charge is 2.23. The standard InChI is InChI=1S/C16H25N5O3S.ClH/c1-10(2)8-21-13(9-24-20-25(3,22)23)19-14-15(21)11-6-4-5-7-12(11)18-16(14)17;/h10,20H,4-9H2,1-3H3,(H2,17,18);1H. The van der Waals surface area contributed by atoms with Crippen molar-refractivity contribution in [1.29, 1.82) is 0 Å². The van der Waals surface area contributed by atoms with E-state index in [-0.39, 0.29) is 19.0 Å². The Hall–Kier alpha value is -1.42. The number of aryl methyl sites for hydroxylation is 2. The lowest BCUT2D eigenvalue weighted by atomic mass is 9.94. The summed E-state index contributed by atoms with van der Waals surface area (Å²) in [6.07, 6.45) is 5.19. The van der Waals surface area contributed by atoms with Crippen LogP contribution in [0.4, 0.5) is 5.82 Å². The molecule has 2 aromatic heterocycles. The number of hydrogen-bond acceptors (Lipinski definition) is 6. The van der Waals surface area contributed by atoms with E-state index in [1.54, 1.807) is 0 Å². The molecule has 0 unspecified atom stereocenters. The van der Waals surface area contributed by atoms with Crippen LogP contribution in [0.25, 0.3) is 11.0 Å². The number of nitrogens with one attached hydrogen (secondary N) is 1. The Morgan fingerprint density at radius 3 is 2.62 bits per heavy atom. The average Bonchev–Trinajstić information content (AvgIpc) is 2.85. The molecule has 26 heavy (non-hydrogen) atoms. The van der Waals surface area contributed by atoms with Gasteiger partial charge < -0.3 is 10.3 Å². The van der Waals surface area contributed by atoms with Crippen LogP contribution in [-0.4, -0.2) is 29.2 Å². The second-order valence-electron chi connectivity index (χ2n) is 7.00. The molecule has 0 radical (unpaired) electrons. The Morgan fingerprint density at radius 2 is 1.96 bits per heavy atom. The predicted octanol–water partition coefficient (Wildman–Crippen LogP) is 1.95. The molecule has 8 nitrogen and oxygen atoms in total. The molecular formula is C16H26ClN5O3S. The second kappa shape index (κ2) is 8.08. The first-order chi connectivity index (χ1) is 11.8. The largest absolute Gasteiger partial charge is 0.382 e. The lowest BCUT2D eigenvalue weighted by Gasteiger charge is -2.19. The third-order valence-electron chi connectivity index (χ3n) is 4.23. The van der Waals surface area contributed by atoms with Gasteiger partial charge in [-0.2, -0.15) is 0 Å². The van der Waals surface area contributed by atoms with Crippen LogP contribution in [0.2, 0.25) is 0 Å². The van der Waals surface area contributed by atoms with Crippen molar-refractivity contribution >= 4 is 39.3 Å². The van der Waals surface area contributed by atoms with Gasteiger partial charge >= 0.3 is 0 Å². The fraction of sp³-hybridized carbons (Fsp3) is 0.625. The van der Waals surface area contributed by atoms with Crippen LogP contribution in [0.5, 0.6) is 0 Å². The van der Waals surface area contributed by atoms with Gasteiger partial charge in [-0.15, -0.1) is 12.4 Å². The molecule has 1 aliphatic carbocycles. The summed E-state index contributed by atoms with van der Waals surface area (Å²) >= 11 is 0. The number of hydrogen-bond donors (Lipinski definition) is 2. The van der Waals surface area contributed by atoms with Gasteiger partial charge in [0.15, 0.2) is 5.82 Å². The Labute approximate surface area is 159 Å². The normalized spacial score (nSPS) is 14.5. The van der Waals surface area contributed by atoms with Gasteiger partial charge in [-0.3, -0.25) is 4.84 Å². The van der Waals surface area contributed by atoms with Gasteiger partial charge in [-0.25, -0.2) is 18.4 Å². The maximum Gasteiger partial charge on any atom is 0.230 e. The monoisotopic (exact) mass is 403 g/mol. The van der Waals surface area contributed by atoms with E-state index in [1.165, 1.54) is 5.56 Å². The highest BCUT2D eigenvalue weighted by Crippen LogP contribution is 2.32. The van der Waals surface area contributed by atoms with Gasteiger partial charge in [0, 0.05) is 12.2 Å². The molecule has 3 N–H and O–H groups in total. The maximum absolute atomic E-state index is 11.2. The van der Waals surface area contributed by atoms with Gasteiger partial charge in [0.05, 0.1) is 11.8 Å². The molecular weight excluding hydrogens is 378 g/mol. The minimum atomic E-state index is -3.43. The van der Waals surface area contributed by atoms with Crippen molar-refractivity contribution in [3.8, 4) is 0 Å². The minimum Gasteiger partial charge on any atom is -0.382 e. The lowest BCUT2D eigenvalue weighted by Crippen LogP contribution is -2.23. The summed E-state index contributed by atoms with van der Waals surface area (Å²) in [5.74, 6) is 1.47. The number of aromatic nitrogens is 3. The van der Waals surface area contributed by atoms with Gasteiger partial charge in [0.1, 0.15) is 17.9 Å². The second-order valence-corrected chi connectivity index (χ2v) is 8.71. The molecule has 0 bridgehead atoms. The first kappa shape index (κ1) is 20.9. The number of rotatable bonds is 6. The van der Waals surface area contributed by atoms with Crippen molar-refractivity contribution in [2.75, 3.05) is 12.0 Å². The smallest absolute Gasteiger partial charge is 0.230 e. The molecule has 0 spiro atoms. The third-order valence-corrected chi connectivity index (χ3v) is 4.65. The highest BCUT2D eigenvalue weighted by atomic mass is 35.5. The van der Waals surface area contributed by atoms with E-state index in [0.717, 1.165) is 49.7 Å². The van der Waals surface area contributed by atoms with Crippen LogP contribution in [0.15, 0.2) is 0 Å². The van der Waals surface area contributed by atoms with E-state index in [0.29, 0.717) is 23.1 Å². The summed E-state index contributed by atoms with van der Waals surface area (Å²) in [7, 11) is -3.43. The summed E-state index contributed by atoms with van der Waals surface area (Å²) < 4.78 is 24.5. The van der Waals surface area contributed by atoms with E-state index in [9.17, 15) is 8.42 Å². The minimum absolute atomic E-state index is 0. The van der Waals surface area contributed by atoms with Crippen LogP contribution in [-0.2, 0) is 40.9 Å². The summed E-state index contributed by atoms with van der Waals surface area (Å²) in [6, 6.07) is 0. The number of pyridine rings is 1. The van der Waals surface area contributed by atoms with Crippen LogP contribution in [0.1, 0.15) is 43.8 Å². The zero-order chi connectivity index (χ0) is 18.2. The number of imidazole rings is 1. The molecule has 2 aromatic rings. The van der Waals surface area contributed by atoms with Crippen molar-refractivity contribution < 1.29 is 13.3 Å². The quantitative estimate of drug-likeness (QED) is 0.713. The molecule has 10 heteroatoms. The first-order valence-corrected chi connectivity index (χ1v) is 10.4. The van der Waals surface area contributed by atoms with Crippen molar-refractivity contribution in [1.82, 2.24) is 19.4 Å².